The van der Waals surface area contributed by atoms with E-state index in [9.17, 15) is 9.90 Å². The van der Waals surface area contributed by atoms with Gasteiger partial charge in [-0.25, -0.2) is 0 Å². The lowest BCUT2D eigenvalue weighted by Gasteiger charge is -2.32. The number of carboxylic acid groups (broad SMARTS) is 1. The van der Waals surface area contributed by atoms with Crippen molar-refractivity contribution in [3.8, 4) is 0 Å². The van der Waals surface area contributed by atoms with E-state index >= 15 is 0 Å². The Kier molecular flexibility index (Phi) is 14.5. The molecule has 0 rings (SSSR count). The molecular formula is C22H44O2. The predicted octanol–water partition coefficient (Wildman–Crippen LogP) is 7.60. The highest BCUT2D eigenvalue weighted by Crippen LogP contribution is 2.39. The van der Waals surface area contributed by atoms with E-state index in [0.29, 0.717) is 5.92 Å². The van der Waals surface area contributed by atoms with E-state index in [2.05, 4.69) is 27.7 Å². The fourth-order valence-electron chi connectivity index (χ4n) is 4.04. The second kappa shape index (κ2) is 14.8. The molecule has 24 heavy (non-hydrogen) atoms. The van der Waals surface area contributed by atoms with Crippen molar-refractivity contribution in [1.82, 2.24) is 0 Å². The summed E-state index contributed by atoms with van der Waals surface area (Å²) < 4.78 is 0. The Bertz CT molecular complexity index is 300. The van der Waals surface area contributed by atoms with Crippen molar-refractivity contribution < 1.29 is 9.90 Å². The highest BCUT2D eigenvalue weighted by atomic mass is 16.4. The number of rotatable bonds is 17. The maximum atomic E-state index is 12.1. The van der Waals surface area contributed by atoms with Gasteiger partial charge in [0.15, 0.2) is 0 Å². The third-order valence-electron chi connectivity index (χ3n) is 5.48. The highest BCUT2D eigenvalue weighted by molar-refractivity contribution is 5.74. The van der Waals surface area contributed by atoms with E-state index in [4.69, 9.17) is 0 Å². The Morgan fingerprint density at radius 2 is 1.33 bits per heavy atom. The van der Waals surface area contributed by atoms with Gasteiger partial charge in [0, 0.05) is 0 Å². The molecule has 0 aromatic rings. The number of unbranched alkanes of at least 4 members (excludes halogenated alkanes) is 8. The fraction of sp³-hybridized carbons (Fsp3) is 0.955. The van der Waals surface area contributed by atoms with Gasteiger partial charge in [-0.15, -0.1) is 0 Å². The van der Waals surface area contributed by atoms with Crippen LogP contribution < -0.4 is 0 Å². The molecule has 0 aliphatic rings. The van der Waals surface area contributed by atoms with Crippen LogP contribution in [0.1, 0.15) is 124 Å². The van der Waals surface area contributed by atoms with Crippen LogP contribution in [-0.4, -0.2) is 11.1 Å². The van der Waals surface area contributed by atoms with Gasteiger partial charge < -0.3 is 5.11 Å². The van der Waals surface area contributed by atoms with Gasteiger partial charge in [-0.1, -0.05) is 105 Å². The number of carboxylic acids is 1. The molecule has 0 spiro atoms. The summed E-state index contributed by atoms with van der Waals surface area (Å²) in [5.74, 6) is -0.0133. The van der Waals surface area contributed by atoms with Gasteiger partial charge in [0.1, 0.15) is 0 Å². The maximum absolute atomic E-state index is 12.1. The van der Waals surface area contributed by atoms with Crippen molar-refractivity contribution in [2.75, 3.05) is 0 Å². The van der Waals surface area contributed by atoms with E-state index in [1.54, 1.807) is 0 Å². The fourth-order valence-corrected chi connectivity index (χ4v) is 4.04. The minimum atomic E-state index is -0.546. The van der Waals surface area contributed by atoms with Crippen LogP contribution in [0.2, 0.25) is 0 Å². The standard InChI is InChI=1S/C22H44O2/c1-5-8-10-12-13-14-16-20(4)19-22(17-7-3,21(23)24)18-15-11-9-6-2/h20H,5-19H2,1-4H3,(H,23,24). The molecule has 0 bridgehead atoms. The summed E-state index contributed by atoms with van der Waals surface area (Å²) in [4.78, 5) is 12.1. The second-order valence-electron chi connectivity index (χ2n) is 8.01. The molecule has 0 saturated heterocycles. The van der Waals surface area contributed by atoms with E-state index in [0.717, 1.165) is 32.1 Å². The van der Waals surface area contributed by atoms with Crippen molar-refractivity contribution in [3.63, 3.8) is 0 Å². The van der Waals surface area contributed by atoms with Gasteiger partial charge in [0.2, 0.25) is 0 Å². The molecule has 0 amide bonds. The summed E-state index contributed by atoms with van der Waals surface area (Å²) in [5, 5.41) is 9.93. The molecule has 144 valence electrons. The molecular weight excluding hydrogens is 296 g/mol. The molecule has 0 aromatic heterocycles. The maximum Gasteiger partial charge on any atom is 0.309 e. The molecule has 2 nitrogen and oxygen atoms in total. The van der Waals surface area contributed by atoms with Crippen LogP contribution in [0, 0.1) is 11.3 Å². The van der Waals surface area contributed by atoms with Crippen molar-refractivity contribution in [2.24, 2.45) is 11.3 Å². The first kappa shape index (κ1) is 23.5. The smallest absolute Gasteiger partial charge is 0.309 e. The number of hydrogen-bond acceptors (Lipinski definition) is 1. The lowest BCUT2D eigenvalue weighted by Crippen LogP contribution is -2.33. The highest BCUT2D eigenvalue weighted by Gasteiger charge is 2.37. The van der Waals surface area contributed by atoms with Crippen LogP contribution in [0.4, 0.5) is 0 Å². The number of carbonyl (C=O) groups is 1. The number of hydrogen-bond donors (Lipinski definition) is 1. The Morgan fingerprint density at radius 3 is 1.88 bits per heavy atom. The quantitative estimate of drug-likeness (QED) is 0.277. The molecule has 1 N–H and O–H groups in total. The predicted molar refractivity (Wildman–Crippen MR) is 106 cm³/mol. The van der Waals surface area contributed by atoms with Gasteiger partial charge in [-0.3, -0.25) is 4.79 Å². The Morgan fingerprint density at radius 1 is 0.792 bits per heavy atom. The first-order valence-electron chi connectivity index (χ1n) is 10.8. The molecule has 0 aromatic carbocycles. The molecule has 2 atom stereocenters. The van der Waals surface area contributed by atoms with E-state index in [1.807, 2.05) is 0 Å². The van der Waals surface area contributed by atoms with Crippen molar-refractivity contribution >= 4 is 5.97 Å². The van der Waals surface area contributed by atoms with Crippen LogP contribution in [0.5, 0.6) is 0 Å². The minimum absolute atomic E-state index is 0.468. The van der Waals surface area contributed by atoms with Gasteiger partial charge in [-0.05, 0) is 25.2 Å². The summed E-state index contributed by atoms with van der Waals surface area (Å²) in [7, 11) is 0. The lowest BCUT2D eigenvalue weighted by atomic mass is 9.72. The summed E-state index contributed by atoms with van der Waals surface area (Å²) in [6.07, 6.45) is 17.4. The SMILES string of the molecule is CCCCCCCCC(C)CC(CCC)(CCCCCC)C(=O)O. The third-order valence-corrected chi connectivity index (χ3v) is 5.48. The summed E-state index contributed by atoms with van der Waals surface area (Å²) in [5.41, 5.74) is -0.468. The largest absolute Gasteiger partial charge is 0.481 e. The first-order chi connectivity index (χ1) is 11.5. The average molecular weight is 341 g/mol. The van der Waals surface area contributed by atoms with Crippen LogP contribution >= 0.6 is 0 Å². The van der Waals surface area contributed by atoms with Crippen LogP contribution in [-0.2, 0) is 4.79 Å². The second-order valence-corrected chi connectivity index (χ2v) is 8.01. The van der Waals surface area contributed by atoms with Crippen LogP contribution in [0.3, 0.4) is 0 Å². The molecule has 0 radical (unpaired) electrons. The Labute approximate surface area is 151 Å². The monoisotopic (exact) mass is 340 g/mol. The Balaban J connectivity index is 4.37. The van der Waals surface area contributed by atoms with Crippen molar-refractivity contribution in [2.45, 2.75) is 124 Å². The summed E-state index contributed by atoms with van der Waals surface area (Å²) in [6.45, 7) is 8.86. The minimum Gasteiger partial charge on any atom is -0.481 e. The van der Waals surface area contributed by atoms with Gasteiger partial charge >= 0.3 is 5.97 Å². The zero-order valence-corrected chi connectivity index (χ0v) is 17.0. The van der Waals surface area contributed by atoms with Crippen LogP contribution in [0.15, 0.2) is 0 Å². The zero-order valence-electron chi connectivity index (χ0n) is 17.0. The van der Waals surface area contributed by atoms with Gasteiger partial charge in [0.25, 0.3) is 0 Å². The van der Waals surface area contributed by atoms with Crippen molar-refractivity contribution in [3.05, 3.63) is 0 Å². The van der Waals surface area contributed by atoms with Crippen molar-refractivity contribution in [1.29, 1.82) is 0 Å². The van der Waals surface area contributed by atoms with E-state index in [-0.39, 0.29) is 0 Å². The average Bonchev–Trinajstić information content (AvgIpc) is 2.54. The molecule has 0 aliphatic heterocycles. The molecule has 0 fully saturated rings. The third kappa shape index (κ3) is 10.4. The summed E-state index contributed by atoms with van der Waals surface area (Å²) in [6, 6.07) is 0. The van der Waals surface area contributed by atoms with Gasteiger partial charge in [0.05, 0.1) is 5.41 Å². The summed E-state index contributed by atoms with van der Waals surface area (Å²) >= 11 is 0. The molecule has 2 heteroatoms. The zero-order chi connectivity index (χ0) is 18.3. The van der Waals surface area contributed by atoms with E-state index < -0.39 is 11.4 Å². The Hall–Kier alpha value is -0.530. The van der Waals surface area contributed by atoms with Crippen LogP contribution in [0.25, 0.3) is 0 Å². The van der Waals surface area contributed by atoms with E-state index in [1.165, 1.54) is 64.2 Å². The molecule has 0 saturated carbocycles. The normalized spacial score (nSPS) is 15.2. The lowest BCUT2D eigenvalue weighted by molar-refractivity contribution is -0.151. The topological polar surface area (TPSA) is 37.3 Å². The first-order valence-corrected chi connectivity index (χ1v) is 10.8. The molecule has 0 aliphatic carbocycles. The number of aliphatic carboxylic acids is 1. The molecule has 2 unspecified atom stereocenters. The van der Waals surface area contributed by atoms with Gasteiger partial charge in [-0.2, -0.15) is 0 Å². The molecule has 0 heterocycles.